The Labute approximate surface area is 108 Å². The second-order valence-corrected chi connectivity index (χ2v) is 4.59. The molecule has 18 heavy (non-hydrogen) atoms. The van der Waals surface area contributed by atoms with Gasteiger partial charge in [0.15, 0.2) is 5.58 Å². The fourth-order valence-corrected chi connectivity index (χ4v) is 2.08. The fraction of sp³-hybridized carbons (Fsp3) is 0.154. The molecule has 0 bridgehead atoms. The summed E-state index contributed by atoms with van der Waals surface area (Å²) in [5.41, 5.74) is 8.35. The minimum absolute atomic E-state index is 0.474. The summed E-state index contributed by atoms with van der Waals surface area (Å²) >= 11 is 5.95. The molecule has 0 aliphatic carbocycles. The number of hydrogen-bond acceptors (Lipinski definition) is 4. The highest BCUT2D eigenvalue weighted by molar-refractivity contribution is 6.33. The fourth-order valence-electron chi connectivity index (χ4n) is 1.92. The molecule has 0 fully saturated rings. The van der Waals surface area contributed by atoms with Gasteiger partial charge in [-0.2, -0.15) is 0 Å². The number of nitrogens with two attached hydrogens (primary N) is 1. The first-order chi connectivity index (χ1) is 8.54. The van der Waals surface area contributed by atoms with Crippen molar-refractivity contribution in [1.82, 2.24) is 4.98 Å². The molecular weight excluding hydrogens is 252 g/mol. The molecule has 5 heteroatoms. The number of rotatable bonds is 1. The molecule has 92 valence electrons. The van der Waals surface area contributed by atoms with Crippen LogP contribution < -0.4 is 5.73 Å². The van der Waals surface area contributed by atoms with Gasteiger partial charge in [0.05, 0.1) is 16.3 Å². The summed E-state index contributed by atoms with van der Waals surface area (Å²) in [6, 6.07) is 5.27. The van der Waals surface area contributed by atoms with Crippen molar-refractivity contribution in [1.29, 1.82) is 0 Å². The highest BCUT2D eigenvalue weighted by Crippen LogP contribution is 2.32. The Hall–Kier alpha value is -1.94. The van der Waals surface area contributed by atoms with E-state index >= 15 is 0 Å². The SMILES string of the molecule is Cc1cc(-c2nc3cc(Cl)c(N)cc3o2)c(C)o1. The number of fused-ring (bicyclic) bond motifs is 1. The zero-order valence-corrected chi connectivity index (χ0v) is 10.7. The molecule has 2 heterocycles. The average Bonchev–Trinajstić information content (AvgIpc) is 2.82. The molecule has 0 saturated heterocycles. The zero-order chi connectivity index (χ0) is 12.9. The predicted molar refractivity (Wildman–Crippen MR) is 70.6 cm³/mol. The molecule has 0 spiro atoms. The van der Waals surface area contributed by atoms with E-state index in [2.05, 4.69) is 4.98 Å². The average molecular weight is 263 g/mol. The minimum atomic E-state index is 0.474. The van der Waals surface area contributed by atoms with E-state index in [1.165, 1.54) is 0 Å². The second kappa shape index (κ2) is 3.78. The second-order valence-electron chi connectivity index (χ2n) is 4.19. The first-order valence-electron chi connectivity index (χ1n) is 5.47. The van der Waals surface area contributed by atoms with Gasteiger partial charge in [0.2, 0.25) is 5.89 Å². The Bertz CT molecular complexity index is 704. The third kappa shape index (κ3) is 1.66. The van der Waals surface area contributed by atoms with E-state index < -0.39 is 0 Å². The number of aromatic nitrogens is 1. The lowest BCUT2D eigenvalue weighted by Crippen LogP contribution is -1.84. The summed E-state index contributed by atoms with van der Waals surface area (Å²) < 4.78 is 11.1. The summed E-state index contributed by atoms with van der Waals surface area (Å²) in [5, 5.41) is 0.474. The van der Waals surface area contributed by atoms with Crippen LogP contribution in [0.25, 0.3) is 22.6 Å². The Morgan fingerprint density at radius 3 is 2.61 bits per heavy atom. The standard InChI is InChI=1S/C13H11ClN2O2/c1-6-3-8(7(2)17-6)13-16-11-4-9(14)10(15)5-12(11)18-13/h3-5H,15H2,1-2H3. The number of furan rings is 1. The largest absolute Gasteiger partial charge is 0.466 e. The van der Waals surface area contributed by atoms with Crippen LogP contribution in [-0.4, -0.2) is 4.98 Å². The molecule has 3 rings (SSSR count). The molecule has 2 aromatic heterocycles. The van der Waals surface area contributed by atoms with Gasteiger partial charge in [-0.3, -0.25) is 0 Å². The molecule has 0 aliphatic heterocycles. The van der Waals surface area contributed by atoms with E-state index in [9.17, 15) is 0 Å². The van der Waals surface area contributed by atoms with Crippen LogP contribution in [0.4, 0.5) is 5.69 Å². The summed E-state index contributed by atoms with van der Waals surface area (Å²) in [6.07, 6.45) is 0. The van der Waals surface area contributed by atoms with E-state index in [0.717, 1.165) is 17.1 Å². The molecule has 4 nitrogen and oxygen atoms in total. The molecule has 0 saturated carbocycles. The van der Waals surface area contributed by atoms with Crippen molar-refractivity contribution < 1.29 is 8.83 Å². The van der Waals surface area contributed by atoms with Crippen LogP contribution in [0.5, 0.6) is 0 Å². The summed E-state index contributed by atoms with van der Waals surface area (Å²) in [6.45, 7) is 3.76. The lowest BCUT2D eigenvalue weighted by Gasteiger charge is -1.94. The highest BCUT2D eigenvalue weighted by Gasteiger charge is 2.15. The third-order valence-electron chi connectivity index (χ3n) is 2.78. The van der Waals surface area contributed by atoms with Gasteiger partial charge in [-0.05, 0) is 26.0 Å². The number of aryl methyl sites for hydroxylation is 2. The Kier molecular flexibility index (Phi) is 2.35. The van der Waals surface area contributed by atoms with E-state index in [4.69, 9.17) is 26.2 Å². The van der Waals surface area contributed by atoms with Gasteiger partial charge in [0.1, 0.15) is 17.0 Å². The molecule has 0 aliphatic rings. The van der Waals surface area contributed by atoms with Gasteiger partial charge < -0.3 is 14.6 Å². The highest BCUT2D eigenvalue weighted by atomic mass is 35.5. The molecular formula is C13H11ClN2O2. The number of hydrogen-bond donors (Lipinski definition) is 1. The topological polar surface area (TPSA) is 65.2 Å². The van der Waals surface area contributed by atoms with Crippen molar-refractivity contribution in [3.05, 3.63) is 34.7 Å². The van der Waals surface area contributed by atoms with E-state index in [-0.39, 0.29) is 0 Å². The molecule has 0 amide bonds. The van der Waals surface area contributed by atoms with Crippen molar-refractivity contribution >= 4 is 28.4 Å². The van der Waals surface area contributed by atoms with Gasteiger partial charge in [-0.25, -0.2) is 4.98 Å². The summed E-state index contributed by atoms with van der Waals surface area (Å²) in [4.78, 5) is 4.39. The number of nitrogens with zero attached hydrogens (tertiary/aromatic N) is 1. The van der Waals surface area contributed by atoms with Crippen molar-refractivity contribution in [2.75, 3.05) is 5.73 Å². The maximum atomic E-state index is 5.95. The Balaban J connectivity index is 2.22. The number of anilines is 1. The molecule has 2 N–H and O–H groups in total. The number of benzene rings is 1. The van der Waals surface area contributed by atoms with E-state index in [0.29, 0.717) is 27.7 Å². The van der Waals surface area contributed by atoms with Crippen LogP contribution in [0.15, 0.2) is 27.0 Å². The van der Waals surface area contributed by atoms with Crippen LogP contribution in [-0.2, 0) is 0 Å². The summed E-state index contributed by atoms with van der Waals surface area (Å²) in [5.74, 6) is 2.11. The van der Waals surface area contributed by atoms with Gasteiger partial charge >= 0.3 is 0 Å². The van der Waals surface area contributed by atoms with Crippen LogP contribution in [0.3, 0.4) is 0 Å². The van der Waals surface area contributed by atoms with E-state index in [1.807, 2.05) is 19.9 Å². The van der Waals surface area contributed by atoms with Crippen molar-refractivity contribution in [3.8, 4) is 11.5 Å². The number of oxazole rings is 1. The lowest BCUT2D eigenvalue weighted by molar-refractivity contribution is 0.503. The maximum absolute atomic E-state index is 5.95. The molecule has 0 atom stereocenters. The Morgan fingerprint density at radius 1 is 1.17 bits per heavy atom. The smallest absolute Gasteiger partial charge is 0.230 e. The number of halogens is 1. The van der Waals surface area contributed by atoms with E-state index in [1.54, 1.807) is 12.1 Å². The van der Waals surface area contributed by atoms with Crippen molar-refractivity contribution in [2.24, 2.45) is 0 Å². The molecule has 0 radical (unpaired) electrons. The predicted octanol–water partition coefficient (Wildman–Crippen LogP) is 3.94. The zero-order valence-electron chi connectivity index (χ0n) is 9.95. The Morgan fingerprint density at radius 2 is 1.94 bits per heavy atom. The van der Waals surface area contributed by atoms with Gasteiger partial charge in [-0.1, -0.05) is 11.6 Å². The van der Waals surface area contributed by atoms with Gasteiger partial charge in [-0.15, -0.1) is 0 Å². The normalized spacial score (nSPS) is 11.3. The first-order valence-corrected chi connectivity index (χ1v) is 5.85. The third-order valence-corrected chi connectivity index (χ3v) is 3.11. The van der Waals surface area contributed by atoms with Crippen molar-refractivity contribution in [2.45, 2.75) is 13.8 Å². The lowest BCUT2D eigenvalue weighted by atomic mass is 10.2. The van der Waals surface area contributed by atoms with Gasteiger partial charge in [0, 0.05) is 6.07 Å². The quantitative estimate of drug-likeness (QED) is 0.675. The monoisotopic (exact) mass is 262 g/mol. The molecule has 0 unspecified atom stereocenters. The van der Waals surface area contributed by atoms with Gasteiger partial charge in [0.25, 0.3) is 0 Å². The molecule has 1 aromatic carbocycles. The van der Waals surface area contributed by atoms with Crippen LogP contribution in [0, 0.1) is 13.8 Å². The number of nitrogen functional groups attached to an aromatic ring is 1. The van der Waals surface area contributed by atoms with Crippen LogP contribution in [0.1, 0.15) is 11.5 Å². The van der Waals surface area contributed by atoms with Crippen LogP contribution in [0.2, 0.25) is 5.02 Å². The van der Waals surface area contributed by atoms with Crippen molar-refractivity contribution in [3.63, 3.8) is 0 Å². The maximum Gasteiger partial charge on any atom is 0.230 e. The minimum Gasteiger partial charge on any atom is -0.466 e. The molecule has 3 aromatic rings. The first kappa shape index (κ1) is 11.2. The summed E-state index contributed by atoms with van der Waals surface area (Å²) in [7, 11) is 0. The van der Waals surface area contributed by atoms with Crippen LogP contribution >= 0.6 is 11.6 Å².